The van der Waals surface area contributed by atoms with Crippen LogP contribution in [0.4, 0.5) is 16.8 Å². The molecule has 2 N–H and O–H groups in total. The average Bonchev–Trinajstić information content (AvgIpc) is 3.13. The fraction of sp³-hybridized carbons (Fsp3) is 0.409. The molecule has 1 aliphatic rings. The Morgan fingerprint density at radius 1 is 1.09 bits per heavy atom. The number of pyridine rings is 2. The molecule has 1 aliphatic carbocycles. The highest BCUT2D eigenvalue weighted by molar-refractivity contribution is 7.91. The number of sulfone groups is 2. The van der Waals surface area contributed by atoms with Crippen LogP contribution in [0.15, 0.2) is 46.5 Å². The molecule has 0 aliphatic heterocycles. The van der Waals surface area contributed by atoms with Gasteiger partial charge >= 0.3 is 0 Å². The Balaban J connectivity index is 1.67. The largest absolute Gasteiger partial charge is 0.369 e. The number of hydrogen-bond acceptors (Lipinski definition) is 10. The van der Waals surface area contributed by atoms with Crippen molar-refractivity contribution in [3.8, 4) is 0 Å². The summed E-state index contributed by atoms with van der Waals surface area (Å²) in [4.78, 5) is 14.4. The molecule has 0 fully saturated rings. The van der Waals surface area contributed by atoms with Crippen LogP contribution in [0.25, 0.3) is 0 Å². The average molecular weight is 522 g/mol. The lowest BCUT2D eigenvalue weighted by Crippen LogP contribution is -2.20. The number of nitrogens with one attached hydrogen (secondary N) is 2. The fourth-order valence-corrected chi connectivity index (χ4v) is 6.69. The zero-order valence-corrected chi connectivity index (χ0v) is 21.6. The van der Waals surface area contributed by atoms with Gasteiger partial charge < -0.3 is 10.6 Å². The first-order valence-corrected chi connectivity index (χ1v) is 15.1. The summed E-state index contributed by atoms with van der Waals surface area (Å²) >= 11 is 1.55. The molecule has 0 bridgehead atoms. The summed E-state index contributed by atoms with van der Waals surface area (Å²) in [6.45, 7) is 4.58. The third kappa shape index (κ3) is 5.91. The van der Waals surface area contributed by atoms with E-state index < -0.39 is 19.7 Å². The first-order chi connectivity index (χ1) is 15.9. The second-order valence-corrected chi connectivity index (χ2v) is 14.5. The van der Waals surface area contributed by atoms with Crippen molar-refractivity contribution in [2.45, 2.75) is 42.9 Å². The van der Waals surface area contributed by atoms with Gasteiger partial charge in [-0.2, -0.15) is 0 Å². The Morgan fingerprint density at radius 3 is 2.56 bits per heavy atom. The van der Waals surface area contributed by atoms with Crippen LogP contribution in [-0.2, 0) is 32.5 Å². The highest BCUT2D eigenvalue weighted by Gasteiger charge is 2.28. The molecule has 3 heterocycles. The summed E-state index contributed by atoms with van der Waals surface area (Å²) in [5.41, 5.74) is 1.29. The molecule has 0 atom stereocenters. The quantitative estimate of drug-likeness (QED) is 0.457. The van der Waals surface area contributed by atoms with Gasteiger partial charge in [-0.05, 0) is 42.9 Å². The second kappa shape index (κ2) is 9.23. The molecule has 0 saturated carbocycles. The van der Waals surface area contributed by atoms with E-state index in [1.807, 2.05) is 0 Å². The summed E-state index contributed by atoms with van der Waals surface area (Å²) in [7, 11) is -7.05. The molecule has 4 rings (SSSR count). The molecule has 9 nitrogen and oxygen atoms in total. The van der Waals surface area contributed by atoms with Crippen LogP contribution in [0.3, 0.4) is 0 Å². The molecule has 0 unspecified atom stereocenters. The molecule has 182 valence electrons. The standard InChI is InChI=1S/C22H27N5O4S3/c1-22(2)7-6-17-18(13-22)32-21(25-17)27-20-12-16(34(30,31)15-5-4-8-23-14-15)11-19(26-20)24-9-10-33(3,28)29/h4-5,8,11-12,14H,6-7,9-10,13H2,1-3H3,(H2,24,25,26,27). The predicted octanol–water partition coefficient (Wildman–Crippen LogP) is 3.48. The number of fused-ring (bicyclic) bond motifs is 1. The zero-order valence-electron chi connectivity index (χ0n) is 19.2. The third-order valence-corrected chi connectivity index (χ3v) is 9.20. The SMILES string of the molecule is CC1(C)CCc2nc(Nc3cc(S(=O)(=O)c4cccnc4)cc(NCCS(C)(=O)=O)n3)sc2C1. The number of hydrogen-bond donors (Lipinski definition) is 2. The first-order valence-electron chi connectivity index (χ1n) is 10.8. The molecular weight excluding hydrogens is 494 g/mol. The van der Waals surface area contributed by atoms with Gasteiger partial charge in [0.2, 0.25) is 9.84 Å². The van der Waals surface area contributed by atoms with Crippen LogP contribution in [0, 0.1) is 5.41 Å². The Kier molecular flexibility index (Phi) is 6.67. The van der Waals surface area contributed by atoms with Crippen LogP contribution < -0.4 is 10.6 Å². The Labute approximate surface area is 203 Å². The maximum atomic E-state index is 13.2. The Hall–Kier alpha value is -2.57. The summed E-state index contributed by atoms with van der Waals surface area (Å²) in [5, 5.41) is 6.73. The number of aryl methyl sites for hydroxylation is 1. The predicted molar refractivity (Wildman–Crippen MR) is 133 cm³/mol. The first kappa shape index (κ1) is 24.6. The van der Waals surface area contributed by atoms with Gasteiger partial charge in [-0.15, -0.1) is 11.3 Å². The lowest BCUT2D eigenvalue weighted by molar-refractivity contribution is 0.316. The molecule has 12 heteroatoms. The summed E-state index contributed by atoms with van der Waals surface area (Å²) < 4.78 is 49.4. The monoisotopic (exact) mass is 521 g/mol. The van der Waals surface area contributed by atoms with Crippen LogP contribution in [0.5, 0.6) is 0 Å². The molecule has 3 aromatic rings. The van der Waals surface area contributed by atoms with Crippen molar-refractivity contribution in [2.75, 3.05) is 29.2 Å². The van der Waals surface area contributed by atoms with Gasteiger partial charge in [0.25, 0.3) is 0 Å². The van der Waals surface area contributed by atoms with Gasteiger partial charge in [0.05, 0.1) is 21.2 Å². The number of nitrogens with zero attached hydrogens (tertiary/aromatic N) is 3. The van der Waals surface area contributed by atoms with E-state index in [1.165, 1.54) is 35.5 Å². The van der Waals surface area contributed by atoms with Gasteiger partial charge in [0.15, 0.2) is 5.13 Å². The smallest absolute Gasteiger partial charge is 0.208 e. The van der Waals surface area contributed by atoms with Gasteiger partial charge in [0.1, 0.15) is 21.5 Å². The minimum atomic E-state index is -3.87. The van der Waals surface area contributed by atoms with Gasteiger partial charge in [0, 0.05) is 36.1 Å². The third-order valence-electron chi connectivity index (χ3n) is 5.52. The summed E-state index contributed by atoms with van der Waals surface area (Å²) in [5.74, 6) is 0.446. The van der Waals surface area contributed by atoms with Crippen molar-refractivity contribution in [1.82, 2.24) is 15.0 Å². The van der Waals surface area contributed by atoms with Crippen LogP contribution in [-0.4, -0.2) is 50.3 Å². The van der Waals surface area contributed by atoms with Crippen molar-refractivity contribution in [2.24, 2.45) is 5.41 Å². The minimum Gasteiger partial charge on any atom is -0.369 e. The van der Waals surface area contributed by atoms with E-state index in [0.717, 1.165) is 31.2 Å². The van der Waals surface area contributed by atoms with E-state index in [4.69, 9.17) is 4.98 Å². The molecule has 0 radical (unpaired) electrons. The molecular formula is C22H27N5O4S3. The highest BCUT2D eigenvalue weighted by atomic mass is 32.2. The van der Waals surface area contributed by atoms with E-state index in [2.05, 4.69) is 34.4 Å². The second-order valence-electron chi connectivity index (χ2n) is 9.18. The van der Waals surface area contributed by atoms with Gasteiger partial charge in [-0.3, -0.25) is 4.98 Å². The minimum absolute atomic E-state index is 0.0160. The van der Waals surface area contributed by atoms with Crippen LogP contribution >= 0.6 is 11.3 Å². The van der Waals surface area contributed by atoms with Crippen molar-refractivity contribution in [3.05, 3.63) is 47.2 Å². The van der Waals surface area contributed by atoms with Crippen molar-refractivity contribution >= 4 is 47.8 Å². The molecule has 3 aromatic heterocycles. The fourth-order valence-electron chi connectivity index (χ4n) is 3.68. The molecule has 0 aromatic carbocycles. The van der Waals surface area contributed by atoms with Gasteiger partial charge in [-0.1, -0.05) is 13.8 Å². The van der Waals surface area contributed by atoms with E-state index in [1.54, 1.807) is 17.4 Å². The number of thiazole rings is 1. The van der Waals surface area contributed by atoms with E-state index in [-0.39, 0.29) is 33.3 Å². The maximum absolute atomic E-state index is 13.2. The topological polar surface area (TPSA) is 131 Å². The Morgan fingerprint density at radius 2 is 1.85 bits per heavy atom. The van der Waals surface area contributed by atoms with Crippen LogP contribution in [0.2, 0.25) is 0 Å². The maximum Gasteiger partial charge on any atom is 0.208 e. The summed E-state index contributed by atoms with van der Waals surface area (Å²) in [6, 6.07) is 5.88. The van der Waals surface area contributed by atoms with E-state index in [0.29, 0.717) is 10.9 Å². The van der Waals surface area contributed by atoms with Crippen molar-refractivity contribution in [3.63, 3.8) is 0 Å². The Bertz CT molecular complexity index is 1400. The summed E-state index contributed by atoms with van der Waals surface area (Å²) in [6.07, 6.45) is 6.85. The number of rotatable bonds is 8. The highest BCUT2D eigenvalue weighted by Crippen LogP contribution is 2.39. The van der Waals surface area contributed by atoms with E-state index >= 15 is 0 Å². The molecule has 0 saturated heterocycles. The normalized spacial score (nSPS) is 15.5. The number of aromatic nitrogens is 3. The van der Waals surface area contributed by atoms with E-state index in [9.17, 15) is 16.8 Å². The van der Waals surface area contributed by atoms with Crippen molar-refractivity contribution < 1.29 is 16.8 Å². The molecule has 0 amide bonds. The zero-order chi connectivity index (χ0) is 24.6. The lowest BCUT2D eigenvalue weighted by Gasteiger charge is -2.28. The molecule has 34 heavy (non-hydrogen) atoms. The van der Waals surface area contributed by atoms with Crippen molar-refractivity contribution in [1.29, 1.82) is 0 Å². The van der Waals surface area contributed by atoms with Crippen LogP contribution in [0.1, 0.15) is 30.8 Å². The number of anilines is 3. The van der Waals surface area contributed by atoms with Gasteiger partial charge in [-0.25, -0.2) is 26.8 Å². The molecule has 0 spiro atoms. The lowest BCUT2D eigenvalue weighted by atomic mass is 9.79.